The summed E-state index contributed by atoms with van der Waals surface area (Å²) < 4.78 is 32.9. The number of rotatable bonds is 7. The third-order valence-electron chi connectivity index (χ3n) is 2.90. The minimum Gasteiger partial charge on any atom is -0.325 e. The summed E-state index contributed by atoms with van der Waals surface area (Å²) >= 11 is 0. The topological polar surface area (TPSA) is 121 Å². The van der Waals surface area contributed by atoms with Gasteiger partial charge in [-0.3, -0.25) is 23.9 Å². The van der Waals surface area contributed by atoms with Crippen molar-refractivity contribution in [2.45, 2.75) is 24.6 Å². The molecule has 0 bridgehead atoms. The van der Waals surface area contributed by atoms with Gasteiger partial charge in [-0.2, -0.15) is 13.4 Å². The number of nitrogens with zero attached hydrogens (tertiary/aromatic N) is 2. The second-order valence-electron chi connectivity index (χ2n) is 4.65. The molecule has 0 aromatic rings. The Hall–Kier alpha value is -1.50. The lowest BCUT2D eigenvalue weighted by atomic mass is 10.4. The summed E-state index contributed by atoms with van der Waals surface area (Å²) in [7, 11) is -2.25. The zero-order valence-electron chi connectivity index (χ0n) is 12.2. The lowest BCUT2D eigenvalue weighted by molar-refractivity contribution is -0.153. The first-order valence-electron chi connectivity index (χ1n) is 6.75. The monoisotopic (exact) mass is 394 g/mol. The average molecular weight is 394 g/mol. The van der Waals surface area contributed by atoms with Crippen LogP contribution in [0.15, 0.2) is 24.4 Å². The predicted octanol–water partition coefficient (Wildman–Crippen LogP) is 0.880. The normalized spacial score (nSPS) is 20.8. The van der Waals surface area contributed by atoms with Crippen molar-refractivity contribution in [3.8, 4) is 0 Å². The number of hydrogen-bond donors (Lipinski definition) is 1. The lowest BCUT2D eigenvalue weighted by Gasteiger charge is -2.34. The molecule has 0 aliphatic carbocycles. The Morgan fingerprint density at radius 2 is 1.96 bits per heavy atom. The van der Waals surface area contributed by atoms with E-state index in [-0.39, 0.29) is 42.2 Å². The largest absolute Gasteiger partial charge is 0.448 e. The highest BCUT2D eigenvalue weighted by atomic mass is 33.1. The third-order valence-corrected chi connectivity index (χ3v) is 5.87. The van der Waals surface area contributed by atoms with Gasteiger partial charge >= 0.3 is 16.4 Å². The molecule has 0 spiro atoms. The van der Waals surface area contributed by atoms with Crippen molar-refractivity contribution in [2.75, 3.05) is 5.75 Å². The van der Waals surface area contributed by atoms with Gasteiger partial charge in [0.15, 0.2) is 0 Å². The molecule has 0 aromatic carbocycles. The molecule has 2 heterocycles. The Balaban J connectivity index is 1.83. The van der Waals surface area contributed by atoms with E-state index >= 15 is 0 Å². The van der Waals surface area contributed by atoms with Crippen LogP contribution in [-0.4, -0.2) is 51.9 Å². The van der Waals surface area contributed by atoms with Gasteiger partial charge in [-0.05, 0) is 12.2 Å². The van der Waals surface area contributed by atoms with E-state index in [1.165, 1.54) is 26.6 Å². The highest BCUT2D eigenvalue weighted by Crippen LogP contribution is 2.34. The summed E-state index contributed by atoms with van der Waals surface area (Å²) in [6.45, 7) is 0. The number of amides is 2. The van der Waals surface area contributed by atoms with Crippen LogP contribution in [0.1, 0.15) is 19.3 Å². The summed E-state index contributed by atoms with van der Waals surface area (Å²) in [5.74, 6) is -1.38. The predicted molar refractivity (Wildman–Crippen MR) is 87.3 cm³/mol. The van der Waals surface area contributed by atoms with Crippen LogP contribution in [0.3, 0.4) is 0 Å². The fraction of sp³-hybridized carbons (Fsp3) is 0.417. The van der Waals surface area contributed by atoms with Gasteiger partial charge in [-0.25, -0.2) is 0 Å². The maximum atomic E-state index is 11.8. The van der Waals surface area contributed by atoms with Crippen LogP contribution in [0.4, 0.5) is 0 Å². The molecule has 132 valence electrons. The molecule has 2 aliphatic rings. The number of carbonyl (C=O) groups excluding carboxylic acids is 3. The van der Waals surface area contributed by atoms with Crippen molar-refractivity contribution >= 4 is 49.8 Å². The van der Waals surface area contributed by atoms with E-state index in [4.69, 9.17) is 4.55 Å². The Bertz CT molecular complexity index is 673. The van der Waals surface area contributed by atoms with Crippen LogP contribution in [0.25, 0.3) is 0 Å². The maximum Gasteiger partial charge on any atom is 0.448 e. The van der Waals surface area contributed by atoms with E-state index in [1.54, 1.807) is 24.4 Å². The number of hydrazine groups is 1. The summed E-state index contributed by atoms with van der Waals surface area (Å²) in [6, 6.07) is 0. The smallest absolute Gasteiger partial charge is 0.325 e. The summed E-state index contributed by atoms with van der Waals surface area (Å²) in [4.78, 5) is 34.8. The van der Waals surface area contributed by atoms with Crippen molar-refractivity contribution in [3.05, 3.63) is 24.4 Å². The summed E-state index contributed by atoms with van der Waals surface area (Å²) in [6.07, 6.45) is 7.01. The van der Waals surface area contributed by atoms with Gasteiger partial charge in [0.1, 0.15) is 5.37 Å². The first-order valence-corrected chi connectivity index (χ1v) is 10.5. The first-order chi connectivity index (χ1) is 11.3. The lowest BCUT2D eigenvalue weighted by Crippen LogP contribution is -2.47. The Kier molecular flexibility index (Phi) is 6.32. The van der Waals surface area contributed by atoms with Crippen LogP contribution in [-0.2, 0) is 29.0 Å². The van der Waals surface area contributed by atoms with E-state index < -0.39 is 16.4 Å². The molecule has 0 aromatic heterocycles. The standard InChI is InChI=1S/C12H14N2O7S3/c15-9-4-5-10(16)14(9)13-7-2-1-3-11(13)23-22-8-6-12(17)21-24(18,19)20/h1-3,7,11H,4-6,8H2,(H,18,19,20). The Labute approximate surface area is 146 Å². The van der Waals surface area contributed by atoms with Crippen molar-refractivity contribution in [2.24, 2.45) is 0 Å². The van der Waals surface area contributed by atoms with Crippen molar-refractivity contribution in [3.63, 3.8) is 0 Å². The Morgan fingerprint density at radius 3 is 2.58 bits per heavy atom. The highest BCUT2D eigenvalue weighted by molar-refractivity contribution is 8.77. The van der Waals surface area contributed by atoms with Crippen molar-refractivity contribution in [1.82, 2.24) is 10.0 Å². The molecule has 1 saturated heterocycles. The van der Waals surface area contributed by atoms with Crippen LogP contribution in [0.5, 0.6) is 0 Å². The second-order valence-corrected chi connectivity index (χ2v) is 8.27. The molecule has 0 radical (unpaired) electrons. The summed E-state index contributed by atoms with van der Waals surface area (Å²) in [5, 5.41) is 2.29. The van der Waals surface area contributed by atoms with Gasteiger partial charge in [-0.15, -0.1) is 0 Å². The molecular weight excluding hydrogens is 380 g/mol. The molecule has 1 unspecified atom stereocenters. The van der Waals surface area contributed by atoms with Crippen molar-refractivity contribution in [1.29, 1.82) is 0 Å². The Morgan fingerprint density at radius 1 is 1.29 bits per heavy atom. The second kappa shape index (κ2) is 8.05. The van der Waals surface area contributed by atoms with E-state index in [1.807, 2.05) is 0 Å². The molecule has 24 heavy (non-hydrogen) atoms. The molecule has 2 amide bonds. The molecule has 2 rings (SSSR count). The fourth-order valence-electron chi connectivity index (χ4n) is 1.95. The fourth-order valence-corrected chi connectivity index (χ4v) is 4.58. The van der Waals surface area contributed by atoms with Gasteiger partial charge in [0.05, 0.1) is 6.42 Å². The molecule has 2 aliphatic heterocycles. The number of imide groups is 1. The maximum absolute atomic E-state index is 11.8. The molecule has 0 saturated carbocycles. The SMILES string of the molecule is O=C(CCSSC1C=CC=CN1N1C(=O)CCC1=O)OS(=O)(=O)O. The number of allylic oxidation sites excluding steroid dienone is 2. The molecule has 1 fully saturated rings. The van der Waals surface area contributed by atoms with E-state index in [0.717, 1.165) is 5.01 Å². The van der Waals surface area contributed by atoms with Crippen LogP contribution < -0.4 is 0 Å². The van der Waals surface area contributed by atoms with Gasteiger partial charge in [0, 0.05) is 24.8 Å². The first kappa shape index (κ1) is 18.8. The quantitative estimate of drug-likeness (QED) is 0.288. The van der Waals surface area contributed by atoms with Crippen LogP contribution in [0, 0.1) is 0 Å². The van der Waals surface area contributed by atoms with Crippen LogP contribution in [0.2, 0.25) is 0 Å². The molecule has 9 nitrogen and oxygen atoms in total. The van der Waals surface area contributed by atoms with Crippen molar-refractivity contribution < 1.29 is 31.5 Å². The highest BCUT2D eigenvalue weighted by Gasteiger charge is 2.36. The van der Waals surface area contributed by atoms with Gasteiger partial charge < -0.3 is 4.18 Å². The van der Waals surface area contributed by atoms with Crippen LogP contribution >= 0.6 is 21.6 Å². The number of hydrogen-bond acceptors (Lipinski definition) is 9. The zero-order valence-corrected chi connectivity index (χ0v) is 14.7. The average Bonchev–Trinajstić information content (AvgIpc) is 2.81. The van der Waals surface area contributed by atoms with Gasteiger partial charge in [0.25, 0.3) is 0 Å². The van der Waals surface area contributed by atoms with E-state index in [2.05, 4.69) is 4.18 Å². The number of carbonyl (C=O) groups is 3. The minimum absolute atomic E-state index is 0.179. The third kappa shape index (κ3) is 5.26. The summed E-state index contributed by atoms with van der Waals surface area (Å²) in [5.41, 5.74) is 0. The van der Waals surface area contributed by atoms with Gasteiger partial charge in [0.2, 0.25) is 11.8 Å². The molecule has 1 N–H and O–H groups in total. The van der Waals surface area contributed by atoms with Gasteiger partial charge in [-0.1, -0.05) is 27.7 Å². The zero-order chi connectivity index (χ0) is 17.7. The molecule has 12 heteroatoms. The van der Waals surface area contributed by atoms with E-state index in [9.17, 15) is 22.8 Å². The van der Waals surface area contributed by atoms with E-state index in [0.29, 0.717) is 0 Å². The molecular formula is C12H14N2O7S3. The minimum atomic E-state index is -4.79. The molecule has 1 atom stereocenters.